The molecular weight excluding hydrogens is 502 g/mol. The maximum Gasteiger partial charge on any atom is 0.238 e. The Kier molecular flexibility index (Phi) is 6.71. The van der Waals surface area contributed by atoms with Gasteiger partial charge < -0.3 is 10.0 Å². The minimum Gasteiger partial charge on any atom is -0.504 e. The van der Waals surface area contributed by atoms with E-state index in [1.165, 1.54) is 24.3 Å². The summed E-state index contributed by atoms with van der Waals surface area (Å²) < 4.78 is 27.1. The molecule has 0 spiro atoms. The Hall–Kier alpha value is -4.32. The van der Waals surface area contributed by atoms with Crippen molar-refractivity contribution in [3.63, 3.8) is 0 Å². The van der Waals surface area contributed by atoms with Gasteiger partial charge in [-0.3, -0.25) is 0 Å². The number of aromatic nitrogens is 2. The first kappa shape index (κ1) is 24.8. The summed E-state index contributed by atoms with van der Waals surface area (Å²) in [7, 11) is -0.269. The lowest BCUT2D eigenvalue weighted by atomic mass is 10.2. The van der Waals surface area contributed by atoms with E-state index in [-0.39, 0.29) is 22.0 Å². The highest BCUT2D eigenvalue weighted by atomic mass is 32.2. The molecule has 0 aliphatic carbocycles. The SMILES string of the molecule is Cc1nc2nsc(/N=N/c3ccc(N(C)C)c(/N=N/c4ccc(S(N)(=O)=O)cc4)c3O)c2cc1C#N. The monoisotopic (exact) mass is 521 g/mol. The molecule has 0 unspecified atom stereocenters. The zero-order chi connectivity index (χ0) is 26.0. The second-order valence-corrected chi connectivity index (χ2v) is 10.0. The van der Waals surface area contributed by atoms with Crippen LogP contribution in [-0.2, 0) is 10.0 Å². The average molecular weight is 522 g/mol. The molecule has 3 N–H and O–H groups in total. The van der Waals surface area contributed by atoms with Crippen molar-refractivity contribution in [3.8, 4) is 11.8 Å². The lowest BCUT2D eigenvalue weighted by Gasteiger charge is -2.16. The fourth-order valence-electron chi connectivity index (χ4n) is 3.15. The number of nitrogens with two attached hydrogens (primary N) is 1. The van der Waals surface area contributed by atoms with Crippen LogP contribution in [0.1, 0.15) is 11.3 Å². The molecule has 4 aromatic rings. The average Bonchev–Trinajstić information content (AvgIpc) is 3.22. The molecule has 0 amide bonds. The van der Waals surface area contributed by atoms with Gasteiger partial charge >= 0.3 is 0 Å². The van der Waals surface area contributed by atoms with E-state index in [4.69, 9.17) is 5.14 Å². The Morgan fingerprint density at radius 1 is 1.08 bits per heavy atom. The van der Waals surface area contributed by atoms with Gasteiger partial charge in [-0.15, -0.1) is 15.3 Å². The van der Waals surface area contributed by atoms with Crippen LogP contribution in [0.4, 0.5) is 27.8 Å². The highest BCUT2D eigenvalue weighted by molar-refractivity contribution is 7.89. The Morgan fingerprint density at radius 2 is 1.81 bits per heavy atom. The summed E-state index contributed by atoms with van der Waals surface area (Å²) in [4.78, 5) is 6.00. The minimum absolute atomic E-state index is 0.0523. The van der Waals surface area contributed by atoms with E-state index in [2.05, 4.69) is 35.9 Å². The summed E-state index contributed by atoms with van der Waals surface area (Å²) in [5, 5.41) is 43.0. The maximum absolute atomic E-state index is 11.4. The Balaban J connectivity index is 1.70. The number of primary sulfonamides is 1. The molecule has 182 valence electrons. The van der Waals surface area contributed by atoms with Crippen LogP contribution < -0.4 is 10.0 Å². The number of benzene rings is 2. The number of aryl methyl sites for hydroxylation is 1. The maximum atomic E-state index is 11.4. The van der Waals surface area contributed by atoms with Gasteiger partial charge in [-0.2, -0.15) is 14.7 Å². The van der Waals surface area contributed by atoms with Crippen LogP contribution in [-0.4, -0.2) is 37.0 Å². The zero-order valence-corrected chi connectivity index (χ0v) is 20.9. The topological polar surface area (TPSA) is 183 Å². The van der Waals surface area contributed by atoms with Crippen LogP contribution in [0.3, 0.4) is 0 Å². The van der Waals surface area contributed by atoms with Crippen LogP contribution >= 0.6 is 11.5 Å². The summed E-state index contributed by atoms with van der Waals surface area (Å²) in [6, 6.07) is 12.5. The van der Waals surface area contributed by atoms with Crippen molar-refractivity contribution >= 4 is 60.3 Å². The molecule has 0 aliphatic heterocycles. The van der Waals surface area contributed by atoms with Gasteiger partial charge in [-0.25, -0.2) is 18.5 Å². The number of anilines is 1. The number of rotatable bonds is 6. The Morgan fingerprint density at radius 3 is 2.44 bits per heavy atom. The van der Waals surface area contributed by atoms with Crippen LogP contribution in [0.15, 0.2) is 67.8 Å². The number of azo groups is 2. The highest BCUT2D eigenvalue weighted by Gasteiger charge is 2.16. The number of nitriles is 1. The van der Waals surface area contributed by atoms with Crippen LogP contribution in [0.2, 0.25) is 0 Å². The number of hydrogen-bond acceptors (Lipinski definition) is 12. The third-order valence-corrected chi connectivity index (χ3v) is 6.70. The summed E-state index contributed by atoms with van der Waals surface area (Å²) in [6.45, 7) is 1.73. The van der Waals surface area contributed by atoms with Crippen molar-refractivity contribution in [2.24, 2.45) is 25.6 Å². The lowest BCUT2D eigenvalue weighted by molar-refractivity contribution is 0.477. The number of phenols is 1. The molecule has 2 aromatic heterocycles. The predicted octanol–water partition coefficient (Wildman–Crippen LogP) is 5.12. The molecule has 0 bridgehead atoms. The fourth-order valence-corrected chi connectivity index (χ4v) is 4.30. The van der Waals surface area contributed by atoms with Gasteiger partial charge in [0.15, 0.2) is 22.1 Å². The number of phenolic OH excluding ortho intramolecular Hbond substituents is 1. The van der Waals surface area contributed by atoms with Crippen molar-refractivity contribution in [1.82, 2.24) is 9.36 Å². The molecule has 0 fully saturated rings. The Bertz CT molecular complexity index is 1670. The molecular formula is C22H19N9O3S2. The number of hydrogen-bond donors (Lipinski definition) is 2. The van der Waals surface area contributed by atoms with Gasteiger partial charge in [0.05, 0.1) is 32.9 Å². The van der Waals surface area contributed by atoms with Crippen LogP contribution in [0, 0.1) is 18.3 Å². The van der Waals surface area contributed by atoms with Gasteiger partial charge in [-0.05, 0) is 60.9 Å². The first-order valence-electron chi connectivity index (χ1n) is 10.2. The van der Waals surface area contributed by atoms with Gasteiger partial charge in [0, 0.05) is 14.1 Å². The largest absolute Gasteiger partial charge is 0.504 e. The number of fused-ring (bicyclic) bond motifs is 1. The molecule has 2 aromatic carbocycles. The number of aromatic hydroxyl groups is 1. The van der Waals surface area contributed by atoms with Crippen molar-refractivity contribution < 1.29 is 13.5 Å². The molecule has 0 saturated carbocycles. The first-order chi connectivity index (χ1) is 17.1. The molecule has 0 saturated heterocycles. The second kappa shape index (κ2) is 9.74. The molecule has 0 aliphatic rings. The number of pyridine rings is 1. The minimum atomic E-state index is -3.83. The quantitative estimate of drug-likeness (QED) is 0.330. The van der Waals surface area contributed by atoms with Crippen LogP contribution in [0.25, 0.3) is 11.0 Å². The molecule has 2 heterocycles. The standard InChI is InChI=1S/C22H19N9O3S2/c1-12-13(11-23)10-16-21(25-12)30-35-22(16)29-27-17-8-9-18(31(2)3)19(20(17)32)28-26-14-4-6-15(7-5-14)36(24,33)34/h4-10,32H,1-3H3,(H2,24,33,34)/b28-26+,29-27+. The van der Waals surface area contributed by atoms with E-state index >= 15 is 0 Å². The van der Waals surface area contributed by atoms with Gasteiger partial charge in [0.25, 0.3) is 0 Å². The van der Waals surface area contributed by atoms with Crippen molar-refractivity contribution in [3.05, 3.63) is 53.7 Å². The van der Waals surface area contributed by atoms with E-state index in [0.717, 1.165) is 11.5 Å². The van der Waals surface area contributed by atoms with E-state index in [9.17, 15) is 18.8 Å². The normalized spacial score (nSPS) is 12.0. The molecule has 0 atom stereocenters. The molecule has 36 heavy (non-hydrogen) atoms. The van der Waals surface area contributed by atoms with Gasteiger partial charge in [0.2, 0.25) is 10.0 Å². The smallest absolute Gasteiger partial charge is 0.238 e. The summed E-state index contributed by atoms with van der Waals surface area (Å²) in [5.74, 6) is -0.254. The predicted molar refractivity (Wildman–Crippen MR) is 135 cm³/mol. The Labute approximate surface area is 210 Å². The van der Waals surface area contributed by atoms with E-state index < -0.39 is 10.0 Å². The first-order valence-corrected chi connectivity index (χ1v) is 12.6. The molecule has 0 radical (unpaired) electrons. The van der Waals surface area contributed by atoms with Crippen molar-refractivity contribution in [2.75, 3.05) is 19.0 Å². The number of sulfonamides is 1. The van der Waals surface area contributed by atoms with Gasteiger partial charge in [-0.1, -0.05) is 0 Å². The number of nitrogens with zero attached hydrogens (tertiary/aromatic N) is 8. The third-order valence-electron chi connectivity index (χ3n) is 5.03. The van der Waals surface area contributed by atoms with Gasteiger partial charge in [0.1, 0.15) is 11.8 Å². The highest BCUT2D eigenvalue weighted by Crippen LogP contribution is 2.45. The second-order valence-electron chi connectivity index (χ2n) is 7.73. The van der Waals surface area contributed by atoms with E-state index in [1.807, 2.05) is 0 Å². The molecule has 14 heteroatoms. The van der Waals surface area contributed by atoms with E-state index in [1.54, 1.807) is 44.1 Å². The summed E-state index contributed by atoms with van der Waals surface area (Å²) in [6.07, 6.45) is 0. The van der Waals surface area contributed by atoms with Crippen LogP contribution in [0.5, 0.6) is 5.75 Å². The van der Waals surface area contributed by atoms with E-state index in [0.29, 0.717) is 38.7 Å². The summed E-state index contributed by atoms with van der Waals surface area (Å²) >= 11 is 1.07. The third kappa shape index (κ3) is 5.03. The zero-order valence-electron chi connectivity index (χ0n) is 19.3. The fraction of sp³-hybridized carbons (Fsp3) is 0.136. The lowest BCUT2D eigenvalue weighted by Crippen LogP contribution is -2.11. The molecule has 12 nitrogen and oxygen atoms in total. The molecule has 4 rings (SSSR count). The van der Waals surface area contributed by atoms with Crippen molar-refractivity contribution in [2.45, 2.75) is 11.8 Å². The summed E-state index contributed by atoms with van der Waals surface area (Å²) in [5.41, 5.74) is 2.65. The van der Waals surface area contributed by atoms with Crippen molar-refractivity contribution in [1.29, 1.82) is 5.26 Å².